The third kappa shape index (κ3) is 1.88. The van der Waals surface area contributed by atoms with Crippen molar-refractivity contribution in [3.63, 3.8) is 0 Å². The van der Waals surface area contributed by atoms with E-state index in [1.165, 1.54) is 4.31 Å². The van der Waals surface area contributed by atoms with Crippen LogP contribution < -0.4 is 0 Å². The molecular weight excluding hydrogens is 258 g/mol. The highest BCUT2D eigenvalue weighted by molar-refractivity contribution is 7.84. The average Bonchev–Trinajstić information content (AvgIpc) is 2.72. The van der Waals surface area contributed by atoms with Crippen LogP contribution >= 0.6 is 0 Å². The zero-order valence-corrected chi connectivity index (χ0v) is 11.3. The summed E-state index contributed by atoms with van der Waals surface area (Å²) in [5.41, 5.74) is 1.53. The maximum atomic E-state index is 12.4. The fraction of sp³-hybridized carbons (Fsp3) is 0.133. The van der Waals surface area contributed by atoms with Gasteiger partial charge in [0.25, 0.3) is 5.91 Å². The van der Waals surface area contributed by atoms with Crippen LogP contribution in [-0.4, -0.2) is 14.4 Å². The standard InChI is InChI=1S/C15H13NO2S/c1-11(12-7-3-2-4-8-12)16-15(17)13-9-5-6-10-14(13)19(16)18/h2-11H,1H3. The van der Waals surface area contributed by atoms with E-state index in [0.717, 1.165) is 5.56 Å². The normalized spacial score (nSPS) is 19.3. The van der Waals surface area contributed by atoms with Crippen LogP contribution in [0.3, 0.4) is 0 Å². The lowest BCUT2D eigenvalue weighted by Gasteiger charge is -2.22. The zero-order valence-electron chi connectivity index (χ0n) is 10.4. The van der Waals surface area contributed by atoms with Crippen LogP contribution in [0.15, 0.2) is 59.5 Å². The van der Waals surface area contributed by atoms with Gasteiger partial charge in [-0.1, -0.05) is 42.5 Å². The Morgan fingerprint density at radius 3 is 2.32 bits per heavy atom. The molecule has 3 rings (SSSR count). The van der Waals surface area contributed by atoms with Gasteiger partial charge >= 0.3 is 0 Å². The highest BCUT2D eigenvalue weighted by atomic mass is 32.2. The molecule has 0 bridgehead atoms. The topological polar surface area (TPSA) is 37.4 Å². The summed E-state index contributed by atoms with van der Waals surface area (Å²) in [5, 5.41) is 0. The fourth-order valence-electron chi connectivity index (χ4n) is 2.28. The highest BCUT2D eigenvalue weighted by Crippen LogP contribution is 2.33. The molecule has 1 heterocycles. The molecule has 1 aliphatic heterocycles. The van der Waals surface area contributed by atoms with Crippen molar-refractivity contribution in [1.82, 2.24) is 4.31 Å². The summed E-state index contributed by atoms with van der Waals surface area (Å²) < 4.78 is 13.9. The van der Waals surface area contributed by atoms with Crippen molar-refractivity contribution in [2.24, 2.45) is 0 Å². The molecule has 0 aliphatic carbocycles. The smallest absolute Gasteiger partial charge is 0.267 e. The van der Waals surface area contributed by atoms with Crippen molar-refractivity contribution in [3.8, 4) is 0 Å². The monoisotopic (exact) mass is 271 g/mol. The van der Waals surface area contributed by atoms with Crippen LogP contribution in [0.1, 0.15) is 28.9 Å². The first-order valence-corrected chi connectivity index (χ1v) is 7.20. The predicted octanol–water partition coefficient (Wildman–Crippen LogP) is 2.93. The second-order valence-electron chi connectivity index (χ2n) is 4.46. The number of hydrogen-bond donors (Lipinski definition) is 0. The third-order valence-electron chi connectivity index (χ3n) is 3.32. The van der Waals surface area contributed by atoms with Crippen molar-refractivity contribution in [3.05, 3.63) is 65.7 Å². The molecule has 96 valence electrons. The number of nitrogens with zero attached hydrogens (tertiary/aromatic N) is 1. The van der Waals surface area contributed by atoms with Crippen LogP contribution in [0.5, 0.6) is 0 Å². The van der Waals surface area contributed by atoms with Gasteiger partial charge in [0.2, 0.25) is 0 Å². The van der Waals surface area contributed by atoms with Gasteiger partial charge < -0.3 is 0 Å². The summed E-state index contributed by atoms with van der Waals surface area (Å²) in [7, 11) is -1.41. The summed E-state index contributed by atoms with van der Waals surface area (Å²) in [4.78, 5) is 13.0. The summed E-state index contributed by atoms with van der Waals surface area (Å²) >= 11 is 0. The molecule has 2 aromatic rings. The second-order valence-corrected chi connectivity index (χ2v) is 5.79. The molecule has 1 aliphatic rings. The second kappa shape index (κ2) is 4.63. The SMILES string of the molecule is CC(c1ccccc1)N1C(=O)c2ccccc2S1=O. The van der Waals surface area contributed by atoms with Crippen molar-refractivity contribution >= 4 is 16.9 Å². The van der Waals surface area contributed by atoms with Gasteiger partial charge in [-0.15, -0.1) is 0 Å². The summed E-state index contributed by atoms with van der Waals surface area (Å²) in [5.74, 6) is -0.162. The number of carbonyl (C=O) groups excluding carboxylic acids is 1. The average molecular weight is 271 g/mol. The van der Waals surface area contributed by atoms with Gasteiger partial charge in [0.05, 0.1) is 16.5 Å². The first-order valence-electron chi connectivity index (χ1n) is 6.09. The van der Waals surface area contributed by atoms with Gasteiger partial charge in [0, 0.05) is 0 Å². The minimum Gasteiger partial charge on any atom is -0.268 e. The number of fused-ring (bicyclic) bond motifs is 1. The minimum atomic E-state index is -1.41. The minimum absolute atomic E-state index is 0.162. The van der Waals surface area contributed by atoms with Gasteiger partial charge in [-0.05, 0) is 24.6 Å². The Kier molecular flexibility index (Phi) is 2.95. The van der Waals surface area contributed by atoms with E-state index in [9.17, 15) is 9.00 Å². The first-order chi connectivity index (χ1) is 9.20. The number of hydrogen-bond acceptors (Lipinski definition) is 2. The van der Waals surface area contributed by atoms with Crippen molar-refractivity contribution in [2.75, 3.05) is 0 Å². The van der Waals surface area contributed by atoms with E-state index in [2.05, 4.69) is 0 Å². The summed E-state index contributed by atoms with van der Waals surface area (Å²) in [6.45, 7) is 1.90. The molecule has 0 fully saturated rings. The Morgan fingerprint density at radius 2 is 1.63 bits per heavy atom. The molecule has 19 heavy (non-hydrogen) atoms. The van der Waals surface area contributed by atoms with E-state index in [1.54, 1.807) is 24.3 Å². The third-order valence-corrected chi connectivity index (χ3v) is 4.89. The molecule has 0 saturated heterocycles. The van der Waals surface area contributed by atoms with Gasteiger partial charge in [-0.2, -0.15) is 0 Å². The van der Waals surface area contributed by atoms with E-state index < -0.39 is 11.0 Å². The van der Waals surface area contributed by atoms with Gasteiger partial charge in [0.15, 0.2) is 11.0 Å². The molecule has 0 N–H and O–H groups in total. The van der Waals surface area contributed by atoms with Crippen LogP contribution in [0.4, 0.5) is 0 Å². The van der Waals surface area contributed by atoms with E-state index in [4.69, 9.17) is 0 Å². The van der Waals surface area contributed by atoms with E-state index >= 15 is 0 Å². The molecule has 2 aromatic carbocycles. The van der Waals surface area contributed by atoms with E-state index in [-0.39, 0.29) is 11.9 Å². The maximum absolute atomic E-state index is 12.4. The van der Waals surface area contributed by atoms with Crippen LogP contribution in [-0.2, 0) is 11.0 Å². The van der Waals surface area contributed by atoms with Crippen LogP contribution in [0, 0.1) is 0 Å². The lowest BCUT2D eigenvalue weighted by Crippen LogP contribution is -2.29. The van der Waals surface area contributed by atoms with Crippen LogP contribution in [0.25, 0.3) is 0 Å². The molecule has 0 aromatic heterocycles. The Balaban J connectivity index is 2.01. The summed E-state index contributed by atoms with van der Waals surface area (Å²) in [6, 6.07) is 16.5. The van der Waals surface area contributed by atoms with Gasteiger partial charge in [-0.25, -0.2) is 8.51 Å². The Bertz CT molecular complexity index is 619. The summed E-state index contributed by atoms with van der Waals surface area (Å²) in [6.07, 6.45) is 0. The quantitative estimate of drug-likeness (QED) is 0.842. The Hall–Kier alpha value is -1.94. The number of benzene rings is 2. The molecule has 0 radical (unpaired) electrons. The lowest BCUT2D eigenvalue weighted by atomic mass is 10.1. The van der Waals surface area contributed by atoms with E-state index in [1.807, 2.05) is 37.3 Å². The van der Waals surface area contributed by atoms with Crippen molar-refractivity contribution in [1.29, 1.82) is 0 Å². The lowest BCUT2D eigenvalue weighted by molar-refractivity contribution is 0.0844. The van der Waals surface area contributed by atoms with Gasteiger partial charge in [0.1, 0.15) is 0 Å². The Labute approximate surface area is 114 Å². The number of carbonyl (C=O) groups is 1. The van der Waals surface area contributed by atoms with E-state index in [0.29, 0.717) is 10.5 Å². The molecule has 2 atom stereocenters. The Morgan fingerprint density at radius 1 is 1.00 bits per heavy atom. The molecule has 0 spiro atoms. The zero-order chi connectivity index (χ0) is 13.4. The number of rotatable bonds is 2. The maximum Gasteiger partial charge on any atom is 0.267 e. The molecule has 3 nitrogen and oxygen atoms in total. The molecule has 2 unspecified atom stereocenters. The van der Waals surface area contributed by atoms with Crippen molar-refractivity contribution in [2.45, 2.75) is 17.9 Å². The molecule has 4 heteroatoms. The first kappa shape index (κ1) is 12.1. The molecule has 0 saturated carbocycles. The van der Waals surface area contributed by atoms with Crippen molar-refractivity contribution < 1.29 is 9.00 Å². The fourth-order valence-corrected chi connectivity index (χ4v) is 3.69. The van der Waals surface area contributed by atoms with Crippen LogP contribution in [0.2, 0.25) is 0 Å². The predicted molar refractivity (Wildman–Crippen MR) is 73.9 cm³/mol. The molecular formula is C15H13NO2S. The molecule has 1 amide bonds. The van der Waals surface area contributed by atoms with Gasteiger partial charge in [-0.3, -0.25) is 4.79 Å². The largest absolute Gasteiger partial charge is 0.268 e. The number of amides is 1. The highest BCUT2D eigenvalue weighted by Gasteiger charge is 2.37.